The van der Waals surface area contributed by atoms with Gasteiger partial charge >= 0.3 is 0 Å². The van der Waals surface area contributed by atoms with Gasteiger partial charge in [0.05, 0.1) is 19.4 Å². The molecular formula is C21H25FN4O2. The van der Waals surface area contributed by atoms with E-state index in [1.54, 1.807) is 0 Å². The van der Waals surface area contributed by atoms with Crippen molar-refractivity contribution in [3.8, 4) is 11.5 Å². The fourth-order valence-corrected chi connectivity index (χ4v) is 3.60. The van der Waals surface area contributed by atoms with Crippen LogP contribution in [0.15, 0.2) is 47.0 Å². The maximum Gasteiger partial charge on any atom is 0.152 e. The molecule has 1 aromatic carbocycles. The van der Waals surface area contributed by atoms with E-state index in [0.717, 1.165) is 61.2 Å². The second kappa shape index (κ2) is 8.68. The molecule has 1 atom stereocenters. The zero-order valence-corrected chi connectivity index (χ0v) is 16.0. The first kappa shape index (κ1) is 18.9. The van der Waals surface area contributed by atoms with E-state index in [0.29, 0.717) is 6.54 Å². The van der Waals surface area contributed by atoms with Crippen molar-refractivity contribution < 1.29 is 13.5 Å². The van der Waals surface area contributed by atoms with Crippen LogP contribution < -0.4 is 5.32 Å². The number of hydrogen-bond donors (Lipinski definition) is 2. The first-order valence-electron chi connectivity index (χ1n) is 9.58. The Hall–Kier alpha value is -2.48. The Morgan fingerprint density at radius 3 is 2.68 bits per heavy atom. The highest BCUT2D eigenvalue weighted by molar-refractivity contribution is 5.56. The molecule has 1 unspecified atom stereocenters. The van der Waals surface area contributed by atoms with E-state index in [1.807, 2.05) is 37.4 Å². The van der Waals surface area contributed by atoms with Gasteiger partial charge in [-0.1, -0.05) is 12.1 Å². The Bertz CT molecular complexity index is 884. The molecule has 4 rings (SSSR count). The van der Waals surface area contributed by atoms with Gasteiger partial charge in [0, 0.05) is 37.8 Å². The number of morpholine rings is 1. The van der Waals surface area contributed by atoms with Gasteiger partial charge in [0.15, 0.2) is 5.76 Å². The predicted molar refractivity (Wildman–Crippen MR) is 104 cm³/mol. The highest BCUT2D eigenvalue weighted by Crippen LogP contribution is 2.24. The molecule has 1 aliphatic heterocycles. The van der Waals surface area contributed by atoms with Crippen molar-refractivity contribution in [3.05, 3.63) is 65.3 Å². The lowest BCUT2D eigenvalue weighted by molar-refractivity contribution is 0.0161. The van der Waals surface area contributed by atoms with Crippen molar-refractivity contribution in [1.29, 1.82) is 0 Å². The number of nitrogens with zero attached hydrogens (tertiary/aromatic N) is 2. The Morgan fingerprint density at radius 1 is 1.18 bits per heavy atom. The van der Waals surface area contributed by atoms with Crippen molar-refractivity contribution in [2.75, 3.05) is 32.8 Å². The number of furan rings is 1. The van der Waals surface area contributed by atoms with Crippen LogP contribution in [0, 0.1) is 12.7 Å². The maximum atomic E-state index is 13.4. The van der Waals surface area contributed by atoms with Crippen molar-refractivity contribution in [1.82, 2.24) is 20.4 Å². The van der Waals surface area contributed by atoms with Crippen molar-refractivity contribution >= 4 is 0 Å². The minimum absolute atomic E-state index is 0.158. The monoisotopic (exact) mass is 384 g/mol. The molecule has 1 saturated heterocycles. The number of halogens is 1. The van der Waals surface area contributed by atoms with Gasteiger partial charge < -0.3 is 14.5 Å². The topological polar surface area (TPSA) is 66.3 Å². The summed E-state index contributed by atoms with van der Waals surface area (Å²) in [5.41, 5.74) is 3.05. The standard InChI is InChI=1S/C21H25FN4O2/c1-15-2-7-20(28-15)21-17(13-24-25-21)12-23-14-19(26-8-10-27-11-9-26)16-3-5-18(22)6-4-16/h2-7,13,19,23H,8-12,14H2,1H3,(H,24,25). The van der Waals surface area contributed by atoms with E-state index in [9.17, 15) is 4.39 Å². The molecule has 3 aromatic rings. The molecule has 0 aliphatic carbocycles. The van der Waals surface area contributed by atoms with Gasteiger partial charge in [-0.2, -0.15) is 5.10 Å². The third-order valence-corrected chi connectivity index (χ3v) is 5.10. The van der Waals surface area contributed by atoms with Crippen molar-refractivity contribution in [2.24, 2.45) is 0 Å². The lowest BCUT2D eigenvalue weighted by atomic mass is 10.0. The van der Waals surface area contributed by atoms with Crippen LogP contribution in [0.1, 0.15) is 22.9 Å². The summed E-state index contributed by atoms with van der Waals surface area (Å²) in [6.45, 7) is 6.51. The van der Waals surface area contributed by atoms with Gasteiger partial charge in [0.1, 0.15) is 17.3 Å². The van der Waals surface area contributed by atoms with Crippen LogP contribution in [0.25, 0.3) is 11.5 Å². The van der Waals surface area contributed by atoms with E-state index in [-0.39, 0.29) is 11.9 Å². The molecule has 148 valence electrons. The fraction of sp³-hybridized carbons (Fsp3) is 0.381. The SMILES string of the molecule is Cc1ccc(-c2[nH]ncc2CNCC(c2ccc(F)cc2)N2CCOCC2)o1. The summed E-state index contributed by atoms with van der Waals surface area (Å²) in [6, 6.07) is 10.8. The minimum atomic E-state index is -0.214. The van der Waals surface area contributed by atoms with Gasteiger partial charge in [-0.3, -0.25) is 10.00 Å². The van der Waals surface area contributed by atoms with Crippen LogP contribution in [-0.2, 0) is 11.3 Å². The quantitative estimate of drug-likeness (QED) is 0.654. The third-order valence-electron chi connectivity index (χ3n) is 5.10. The molecule has 0 radical (unpaired) electrons. The van der Waals surface area contributed by atoms with Gasteiger partial charge in [-0.25, -0.2) is 4.39 Å². The van der Waals surface area contributed by atoms with Crippen LogP contribution in [0.5, 0.6) is 0 Å². The average molecular weight is 384 g/mol. The van der Waals surface area contributed by atoms with Crippen LogP contribution in [0.2, 0.25) is 0 Å². The number of nitrogens with one attached hydrogen (secondary N) is 2. The van der Waals surface area contributed by atoms with E-state index < -0.39 is 0 Å². The molecule has 1 aliphatic rings. The van der Waals surface area contributed by atoms with Crippen molar-refractivity contribution in [3.63, 3.8) is 0 Å². The summed E-state index contributed by atoms with van der Waals surface area (Å²) in [5, 5.41) is 10.7. The number of benzene rings is 1. The van der Waals surface area contributed by atoms with Crippen molar-refractivity contribution in [2.45, 2.75) is 19.5 Å². The molecule has 6 nitrogen and oxygen atoms in total. The first-order chi connectivity index (χ1) is 13.7. The number of ether oxygens (including phenoxy) is 1. The zero-order chi connectivity index (χ0) is 19.3. The predicted octanol–water partition coefficient (Wildman–Crippen LogP) is 3.28. The van der Waals surface area contributed by atoms with Gasteiger partial charge in [-0.15, -0.1) is 0 Å². The van der Waals surface area contributed by atoms with Crippen LogP contribution in [-0.4, -0.2) is 47.9 Å². The van der Waals surface area contributed by atoms with Crippen LogP contribution in [0.3, 0.4) is 0 Å². The second-order valence-electron chi connectivity index (χ2n) is 7.03. The first-order valence-corrected chi connectivity index (χ1v) is 9.58. The molecule has 7 heteroatoms. The summed E-state index contributed by atoms with van der Waals surface area (Å²) < 4.78 is 24.6. The summed E-state index contributed by atoms with van der Waals surface area (Å²) in [7, 11) is 0. The van der Waals surface area contributed by atoms with Crippen LogP contribution >= 0.6 is 0 Å². The van der Waals surface area contributed by atoms with Gasteiger partial charge in [0.2, 0.25) is 0 Å². The highest BCUT2D eigenvalue weighted by atomic mass is 19.1. The number of aromatic nitrogens is 2. The molecule has 2 N–H and O–H groups in total. The molecule has 28 heavy (non-hydrogen) atoms. The number of hydrogen-bond acceptors (Lipinski definition) is 5. The molecule has 0 saturated carbocycles. The van der Waals surface area contributed by atoms with E-state index in [4.69, 9.17) is 9.15 Å². The Balaban J connectivity index is 1.45. The highest BCUT2D eigenvalue weighted by Gasteiger charge is 2.22. The maximum absolute atomic E-state index is 13.4. The molecular weight excluding hydrogens is 359 g/mol. The Kier molecular flexibility index (Phi) is 5.85. The van der Waals surface area contributed by atoms with Gasteiger partial charge in [-0.05, 0) is 36.8 Å². The van der Waals surface area contributed by atoms with Gasteiger partial charge in [0.25, 0.3) is 0 Å². The lowest BCUT2D eigenvalue weighted by Crippen LogP contribution is -2.42. The number of aromatic amines is 1. The largest absolute Gasteiger partial charge is 0.460 e. The summed E-state index contributed by atoms with van der Waals surface area (Å²) in [5.74, 6) is 1.44. The smallest absolute Gasteiger partial charge is 0.152 e. The molecule has 2 aromatic heterocycles. The zero-order valence-electron chi connectivity index (χ0n) is 16.0. The Morgan fingerprint density at radius 2 is 1.96 bits per heavy atom. The summed E-state index contributed by atoms with van der Waals surface area (Å²) >= 11 is 0. The molecule has 0 bridgehead atoms. The number of aryl methyl sites for hydroxylation is 1. The summed E-state index contributed by atoms with van der Waals surface area (Å²) in [4.78, 5) is 2.38. The van der Waals surface area contributed by atoms with Crippen LogP contribution in [0.4, 0.5) is 4.39 Å². The number of rotatable bonds is 7. The second-order valence-corrected chi connectivity index (χ2v) is 7.03. The molecule has 1 fully saturated rings. The molecule has 3 heterocycles. The Labute approximate surface area is 163 Å². The number of H-pyrrole nitrogens is 1. The average Bonchev–Trinajstić information content (AvgIpc) is 3.35. The molecule has 0 amide bonds. The fourth-order valence-electron chi connectivity index (χ4n) is 3.60. The molecule has 0 spiro atoms. The van der Waals surface area contributed by atoms with E-state index in [1.165, 1.54) is 12.1 Å². The summed E-state index contributed by atoms with van der Waals surface area (Å²) in [6.07, 6.45) is 1.82. The van der Waals surface area contributed by atoms with E-state index in [2.05, 4.69) is 20.4 Å². The minimum Gasteiger partial charge on any atom is -0.460 e. The van der Waals surface area contributed by atoms with E-state index >= 15 is 0 Å². The lowest BCUT2D eigenvalue weighted by Gasteiger charge is -2.35. The third kappa shape index (κ3) is 4.32. The normalized spacial score (nSPS) is 16.4.